The first-order chi connectivity index (χ1) is 16.6. The van der Waals surface area contributed by atoms with Crippen molar-refractivity contribution >= 4 is 11.9 Å². The predicted octanol–water partition coefficient (Wildman–Crippen LogP) is 3.92. The van der Waals surface area contributed by atoms with Crippen LogP contribution in [-0.2, 0) is 22.7 Å². The summed E-state index contributed by atoms with van der Waals surface area (Å²) in [5.41, 5.74) is 1.72. The molecule has 1 saturated heterocycles. The van der Waals surface area contributed by atoms with E-state index in [2.05, 4.69) is 0 Å². The van der Waals surface area contributed by atoms with Crippen molar-refractivity contribution in [3.05, 3.63) is 53.6 Å². The quantitative estimate of drug-likeness (QED) is 0.610. The van der Waals surface area contributed by atoms with Crippen molar-refractivity contribution in [3.8, 4) is 17.2 Å². The monoisotopic (exact) mass is 482 g/mol. The number of ether oxygens (including phenoxy) is 3. The Labute approximate surface area is 206 Å². The van der Waals surface area contributed by atoms with Gasteiger partial charge in [-0.1, -0.05) is 39.0 Å². The van der Waals surface area contributed by atoms with Gasteiger partial charge in [-0.3, -0.25) is 14.5 Å². The van der Waals surface area contributed by atoms with Gasteiger partial charge >= 0.3 is 5.97 Å². The van der Waals surface area contributed by atoms with Crippen LogP contribution in [0.5, 0.6) is 17.2 Å². The number of likely N-dealkylation sites (tertiary alicyclic amines) is 1. The van der Waals surface area contributed by atoms with Gasteiger partial charge in [0.05, 0.1) is 7.11 Å². The molecule has 1 fully saturated rings. The molecular formula is C27H34N2O6. The van der Waals surface area contributed by atoms with Crippen molar-refractivity contribution < 1.29 is 28.9 Å². The summed E-state index contributed by atoms with van der Waals surface area (Å²) in [4.78, 5) is 29.5. The lowest BCUT2D eigenvalue weighted by Gasteiger charge is -2.32. The molecule has 8 nitrogen and oxygen atoms in total. The first-order valence-electron chi connectivity index (χ1n) is 11.9. The van der Waals surface area contributed by atoms with Gasteiger partial charge in [0.1, 0.15) is 11.8 Å². The molecule has 0 aliphatic carbocycles. The minimum atomic E-state index is -0.877. The Morgan fingerprint density at radius 2 is 1.89 bits per heavy atom. The average molecular weight is 483 g/mol. The van der Waals surface area contributed by atoms with Gasteiger partial charge in [0.25, 0.3) is 0 Å². The topological polar surface area (TPSA) is 88.5 Å². The van der Waals surface area contributed by atoms with E-state index in [0.717, 1.165) is 16.9 Å². The summed E-state index contributed by atoms with van der Waals surface area (Å²) in [7, 11) is 1.62. The molecule has 0 radical (unpaired) electrons. The molecular weight excluding hydrogens is 448 g/mol. The van der Waals surface area contributed by atoms with E-state index in [1.165, 1.54) is 0 Å². The molecule has 0 bridgehead atoms. The fourth-order valence-electron chi connectivity index (χ4n) is 4.75. The third-order valence-electron chi connectivity index (χ3n) is 6.42. The van der Waals surface area contributed by atoms with E-state index in [1.54, 1.807) is 7.11 Å². The van der Waals surface area contributed by atoms with E-state index in [0.29, 0.717) is 44.0 Å². The summed E-state index contributed by atoms with van der Waals surface area (Å²) in [6.07, 6.45) is 0.757. The van der Waals surface area contributed by atoms with E-state index in [1.807, 2.05) is 73.0 Å². The van der Waals surface area contributed by atoms with E-state index in [-0.39, 0.29) is 24.2 Å². The zero-order chi connectivity index (χ0) is 25.2. The molecule has 2 atom stereocenters. The summed E-state index contributed by atoms with van der Waals surface area (Å²) in [6, 6.07) is 12.4. The van der Waals surface area contributed by atoms with Crippen molar-refractivity contribution in [1.29, 1.82) is 0 Å². The van der Waals surface area contributed by atoms with Crippen LogP contribution < -0.4 is 14.2 Å². The summed E-state index contributed by atoms with van der Waals surface area (Å²) in [6.45, 7) is 7.63. The van der Waals surface area contributed by atoms with Crippen molar-refractivity contribution in [2.24, 2.45) is 5.41 Å². The Morgan fingerprint density at radius 3 is 2.60 bits per heavy atom. The molecule has 0 spiro atoms. The van der Waals surface area contributed by atoms with Gasteiger partial charge in [-0.2, -0.15) is 0 Å². The van der Waals surface area contributed by atoms with Crippen molar-refractivity contribution in [1.82, 2.24) is 9.80 Å². The van der Waals surface area contributed by atoms with Crippen molar-refractivity contribution in [3.63, 3.8) is 0 Å². The SMILES string of the molecule is COc1cccc(CN(C(=O)CC(C)(C)C)[C@@H]2C[C@H](C(=O)O)N(Cc3ccc4c(c3)OCO4)C2)c1. The number of methoxy groups -OCH3 is 1. The molecule has 0 saturated carbocycles. The number of amides is 1. The first-order valence-corrected chi connectivity index (χ1v) is 11.9. The number of nitrogens with zero attached hydrogens (tertiary/aromatic N) is 2. The third kappa shape index (κ3) is 6.06. The van der Waals surface area contributed by atoms with Crippen LogP contribution in [0.4, 0.5) is 0 Å². The molecule has 1 amide bonds. The molecule has 0 aromatic heterocycles. The molecule has 2 aliphatic heterocycles. The number of hydrogen-bond acceptors (Lipinski definition) is 6. The van der Waals surface area contributed by atoms with Gasteiger partial charge < -0.3 is 24.2 Å². The maximum atomic E-state index is 13.5. The van der Waals surface area contributed by atoms with Gasteiger partial charge in [0.15, 0.2) is 11.5 Å². The third-order valence-corrected chi connectivity index (χ3v) is 6.42. The van der Waals surface area contributed by atoms with Crippen LogP contribution in [0.2, 0.25) is 0 Å². The summed E-state index contributed by atoms with van der Waals surface area (Å²) < 4.78 is 16.2. The van der Waals surface area contributed by atoms with Crippen LogP contribution in [-0.4, -0.2) is 59.3 Å². The highest BCUT2D eigenvalue weighted by molar-refractivity contribution is 5.78. The lowest BCUT2D eigenvalue weighted by atomic mass is 9.91. The fourth-order valence-corrected chi connectivity index (χ4v) is 4.75. The fraction of sp³-hybridized carbons (Fsp3) is 0.481. The van der Waals surface area contributed by atoms with Gasteiger partial charge in [-0.05, 0) is 47.2 Å². The maximum absolute atomic E-state index is 13.5. The highest BCUT2D eigenvalue weighted by Gasteiger charge is 2.41. The van der Waals surface area contributed by atoms with E-state index in [4.69, 9.17) is 14.2 Å². The predicted molar refractivity (Wildman–Crippen MR) is 130 cm³/mol. The molecule has 2 heterocycles. The highest BCUT2D eigenvalue weighted by Crippen LogP contribution is 2.34. The van der Waals surface area contributed by atoms with E-state index >= 15 is 0 Å². The number of hydrogen-bond donors (Lipinski definition) is 1. The molecule has 2 aliphatic rings. The zero-order valence-electron chi connectivity index (χ0n) is 20.8. The number of carboxylic acids is 1. The minimum absolute atomic E-state index is 0.0272. The van der Waals surface area contributed by atoms with Crippen LogP contribution in [0.3, 0.4) is 0 Å². The molecule has 2 aromatic carbocycles. The zero-order valence-corrected chi connectivity index (χ0v) is 20.8. The number of aliphatic carboxylic acids is 1. The minimum Gasteiger partial charge on any atom is -0.497 e. The molecule has 1 N–H and O–H groups in total. The largest absolute Gasteiger partial charge is 0.497 e. The van der Waals surface area contributed by atoms with E-state index in [9.17, 15) is 14.7 Å². The van der Waals surface area contributed by atoms with Gasteiger partial charge in [0.2, 0.25) is 12.7 Å². The van der Waals surface area contributed by atoms with Crippen LogP contribution in [0.25, 0.3) is 0 Å². The maximum Gasteiger partial charge on any atom is 0.321 e. The Hall–Kier alpha value is -3.26. The smallest absolute Gasteiger partial charge is 0.321 e. The summed E-state index contributed by atoms with van der Waals surface area (Å²) >= 11 is 0. The second-order valence-electron chi connectivity index (χ2n) is 10.5. The highest BCUT2D eigenvalue weighted by atomic mass is 16.7. The van der Waals surface area contributed by atoms with Gasteiger partial charge in [0, 0.05) is 32.1 Å². The number of carboxylic acid groups (broad SMARTS) is 1. The second-order valence-corrected chi connectivity index (χ2v) is 10.5. The number of rotatable bonds is 8. The lowest BCUT2D eigenvalue weighted by molar-refractivity contribution is -0.142. The molecule has 2 aromatic rings. The second kappa shape index (κ2) is 10.2. The average Bonchev–Trinajstić information content (AvgIpc) is 3.43. The van der Waals surface area contributed by atoms with Crippen molar-refractivity contribution in [2.45, 2.75) is 58.8 Å². The van der Waals surface area contributed by atoms with Crippen LogP contribution in [0.15, 0.2) is 42.5 Å². The summed E-state index contributed by atoms with van der Waals surface area (Å²) in [5, 5.41) is 9.99. The molecule has 188 valence electrons. The molecule has 35 heavy (non-hydrogen) atoms. The van der Waals surface area contributed by atoms with E-state index < -0.39 is 12.0 Å². The molecule has 8 heteroatoms. The Bertz CT molecular complexity index is 1080. The Kier molecular flexibility index (Phi) is 7.21. The van der Waals surface area contributed by atoms with Gasteiger partial charge in [-0.15, -0.1) is 0 Å². The number of benzene rings is 2. The van der Waals surface area contributed by atoms with Crippen LogP contribution >= 0.6 is 0 Å². The lowest BCUT2D eigenvalue weighted by Crippen LogP contribution is -2.42. The standard InChI is InChI=1S/C27H34N2O6/c1-27(2,3)13-25(30)29(15-18-6-5-7-21(10-18)33-4)20-12-22(26(31)32)28(16-20)14-19-8-9-23-24(11-19)35-17-34-23/h5-11,20,22H,12-17H2,1-4H3,(H,31,32)/t20-,22-/m1/s1. The van der Waals surface area contributed by atoms with Crippen LogP contribution in [0, 0.1) is 5.41 Å². The number of carbonyl (C=O) groups excluding carboxylic acids is 1. The molecule has 4 rings (SSSR count). The first kappa shape index (κ1) is 24.9. The van der Waals surface area contributed by atoms with Crippen LogP contribution in [0.1, 0.15) is 44.7 Å². The summed E-state index contributed by atoms with van der Waals surface area (Å²) in [5.74, 6) is 1.24. The van der Waals surface area contributed by atoms with Gasteiger partial charge in [-0.25, -0.2) is 0 Å². The van der Waals surface area contributed by atoms with Crippen molar-refractivity contribution in [2.75, 3.05) is 20.4 Å². The normalized spacial score (nSPS) is 19.5. The molecule has 0 unspecified atom stereocenters. The Morgan fingerprint density at radius 1 is 1.11 bits per heavy atom. The number of carbonyl (C=O) groups is 2. The number of fused-ring (bicyclic) bond motifs is 1. The Balaban J connectivity index is 1.56.